The number of nitrogens with one attached hydrogen (secondary N) is 1. The molecule has 0 spiro atoms. The van der Waals surface area contributed by atoms with Gasteiger partial charge in [-0.05, 0) is 36.8 Å². The van der Waals surface area contributed by atoms with Gasteiger partial charge in [-0.15, -0.1) is 0 Å². The number of nitrogens with zero attached hydrogens (tertiary/aromatic N) is 3. The SMILES string of the molecule is Cc1ccc(Cl)cc1S(=O)(=O)NCCn1ccnc1-c1ccccn1. The van der Waals surface area contributed by atoms with Gasteiger partial charge in [-0.1, -0.05) is 23.7 Å². The number of hydrogen-bond donors (Lipinski definition) is 1. The molecule has 6 nitrogen and oxygen atoms in total. The number of aryl methyl sites for hydroxylation is 1. The maximum absolute atomic E-state index is 12.5. The lowest BCUT2D eigenvalue weighted by Gasteiger charge is -2.11. The van der Waals surface area contributed by atoms with E-state index in [2.05, 4.69) is 14.7 Å². The molecule has 0 unspecified atom stereocenters. The molecule has 3 aromatic rings. The predicted molar refractivity (Wildman–Crippen MR) is 96.8 cm³/mol. The van der Waals surface area contributed by atoms with Gasteiger partial charge in [0.15, 0.2) is 5.82 Å². The van der Waals surface area contributed by atoms with Crippen LogP contribution in [0.15, 0.2) is 59.9 Å². The Labute approximate surface area is 151 Å². The van der Waals surface area contributed by atoms with E-state index in [1.54, 1.807) is 37.6 Å². The molecule has 130 valence electrons. The topological polar surface area (TPSA) is 76.9 Å². The molecule has 0 aliphatic heterocycles. The largest absolute Gasteiger partial charge is 0.328 e. The predicted octanol–water partition coefficient (Wildman–Crippen LogP) is 2.89. The summed E-state index contributed by atoms with van der Waals surface area (Å²) in [5, 5.41) is 0.387. The van der Waals surface area contributed by atoms with Crippen molar-refractivity contribution < 1.29 is 8.42 Å². The molecular formula is C17H17ClN4O2S. The summed E-state index contributed by atoms with van der Waals surface area (Å²) in [5.74, 6) is 0.693. The molecular weight excluding hydrogens is 360 g/mol. The van der Waals surface area contributed by atoms with Gasteiger partial charge in [-0.3, -0.25) is 4.98 Å². The second-order valence-corrected chi connectivity index (χ2v) is 7.64. The summed E-state index contributed by atoms with van der Waals surface area (Å²) in [6, 6.07) is 10.4. The third-order valence-electron chi connectivity index (χ3n) is 3.69. The quantitative estimate of drug-likeness (QED) is 0.717. The maximum atomic E-state index is 12.5. The fourth-order valence-electron chi connectivity index (χ4n) is 2.46. The Hall–Kier alpha value is -2.22. The van der Waals surface area contributed by atoms with Gasteiger partial charge >= 0.3 is 0 Å². The summed E-state index contributed by atoms with van der Waals surface area (Å²) in [6.45, 7) is 2.40. The van der Waals surface area contributed by atoms with Crippen LogP contribution in [0.25, 0.3) is 11.5 Å². The highest BCUT2D eigenvalue weighted by Gasteiger charge is 2.17. The number of pyridine rings is 1. The zero-order valence-electron chi connectivity index (χ0n) is 13.6. The minimum absolute atomic E-state index is 0.190. The molecule has 8 heteroatoms. The molecule has 0 bridgehead atoms. The minimum atomic E-state index is -3.63. The number of halogens is 1. The van der Waals surface area contributed by atoms with Gasteiger partial charge in [-0.25, -0.2) is 18.1 Å². The third kappa shape index (κ3) is 4.07. The van der Waals surface area contributed by atoms with Crippen LogP contribution in [0.3, 0.4) is 0 Å². The molecule has 0 aliphatic carbocycles. The van der Waals surface area contributed by atoms with E-state index < -0.39 is 10.0 Å². The standard InChI is InChI=1S/C17H17ClN4O2S/c1-13-5-6-14(18)12-16(13)25(23,24)21-9-11-22-10-8-20-17(22)15-4-2-3-7-19-15/h2-8,10,12,21H,9,11H2,1H3. The van der Waals surface area contributed by atoms with E-state index in [1.807, 2.05) is 22.8 Å². The fraction of sp³-hybridized carbons (Fsp3) is 0.176. The minimum Gasteiger partial charge on any atom is -0.328 e. The number of benzene rings is 1. The lowest BCUT2D eigenvalue weighted by Crippen LogP contribution is -2.28. The first-order valence-electron chi connectivity index (χ1n) is 7.66. The molecule has 2 aromatic heterocycles. The van der Waals surface area contributed by atoms with Crippen molar-refractivity contribution in [3.05, 3.63) is 65.6 Å². The van der Waals surface area contributed by atoms with E-state index in [4.69, 9.17) is 11.6 Å². The van der Waals surface area contributed by atoms with Crippen LogP contribution in [-0.2, 0) is 16.6 Å². The molecule has 0 saturated carbocycles. The number of hydrogen-bond acceptors (Lipinski definition) is 4. The van der Waals surface area contributed by atoms with Crippen LogP contribution < -0.4 is 4.72 Å². The zero-order chi connectivity index (χ0) is 17.9. The number of aromatic nitrogens is 3. The van der Waals surface area contributed by atoms with Crippen LogP contribution in [0.2, 0.25) is 5.02 Å². The lowest BCUT2D eigenvalue weighted by atomic mass is 10.2. The van der Waals surface area contributed by atoms with Gasteiger partial charge in [0.05, 0.1) is 4.90 Å². The smallest absolute Gasteiger partial charge is 0.240 e. The number of rotatable bonds is 6. The van der Waals surface area contributed by atoms with E-state index >= 15 is 0 Å². The van der Waals surface area contributed by atoms with Crippen LogP contribution in [0.4, 0.5) is 0 Å². The van der Waals surface area contributed by atoms with Gasteiger partial charge in [0.2, 0.25) is 10.0 Å². The van der Waals surface area contributed by atoms with E-state index in [-0.39, 0.29) is 11.4 Å². The zero-order valence-corrected chi connectivity index (χ0v) is 15.1. The van der Waals surface area contributed by atoms with Crippen molar-refractivity contribution in [2.45, 2.75) is 18.4 Å². The first kappa shape index (κ1) is 17.6. The first-order valence-corrected chi connectivity index (χ1v) is 9.52. The Morgan fingerprint density at radius 3 is 2.76 bits per heavy atom. The summed E-state index contributed by atoms with van der Waals surface area (Å²) >= 11 is 5.92. The lowest BCUT2D eigenvalue weighted by molar-refractivity contribution is 0.572. The molecule has 0 radical (unpaired) electrons. The van der Waals surface area contributed by atoms with Gasteiger partial charge in [0.1, 0.15) is 5.69 Å². The summed E-state index contributed by atoms with van der Waals surface area (Å²) in [5.41, 5.74) is 1.38. The maximum Gasteiger partial charge on any atom is 0.240 e. The molecule has 0 aliphatic rings. The summed E-state index contributed by atoms with van der Waals surface area (Å²) < 4.78 is 29.4. The molecule has 25 heavy (non-hydrogen) atoms. The molecule has 0 atom stereocenters. The molecule has 1 N–H and O–H groups in total. The van der Waals surface area contributed by atoms with Crippen molar-refractivity contribution in [3.8, 4) is 11.5 Å². The van der Waals surface area contributed by atoms with Crippen molar-refractivity contribution >= 4 is 21.6 Å². The highest BCUT2D eigenvalue weighted by molar-refractivity contribution is 7.89. The third-order valence-corrected chi connectivity index (χ3v) is 5.53. The van der Waals surface area contributed by atoms with Crippen LogP contribution >= 0.6 is 11.6 Å². The summed E-state index contributed by atoms with van der Waals surface area (Å²) in [4.78, 5) is 8.75. The van der Waals surface area contributed by atoms with Crippen molar-refractivity contribution in [1.29, 1.82) is 0 Å². The second kappa shape index (κ2) is 7.35. The molecule has 0 saturated heterocycles. The van der Waals surface area contributed by atoms with E-state index in [0.29, 0.717) is 23.0 Å². The van der Waals surface area contributed by atoms with Crippen molar-refractivity contribution in [2.75, 3.05) is 6.54 Å². The van der Waals surface area contributed by atoms with E-state index in [9.17, 15) is 8.42 Å². The average molecular weight is 377 g/mol. The molecule has 2 heterocycles. The van der Waals surface area contributed by atoms with E-state index in [1.165, 1.54) is 6.07 Å². The van der Waals surface area contributed by atoms with Gasteiger partial charge in [-0.2, -0.15) is 0 Å². The highest BCUT2D eigenvalue weighted by Crippen LogP contribution is 2.20. The van der Waals surface area contributed by atoms with Crippen LogP contribution in [0.5, 0.6) is 0 Å². The van der Waals surface area contributed by atoms with Crippen molar-refractivity contribution in [1.82, 2.24) is 19.3 Å². The average Bonchev–Trinajstić information content (AvgIpc) is 3.06. The Balaban J connectivity index is 1.72. The Morgan fingerprint density at radius 1 is 1.16 bits per heavy atom. The Morgan fingerprint density at radius 2 is 2.00 bits per heavy atom. The van der Waals surface area contributed by atoms with Gasteiger partial charge in [0, 0.05) is 36.7 Å². The molecule has 1 aromatic carbocycles. The Kier molecular flexibility index (Phi) is 5.17. The molecule has 0 amide bonds. The molecule has 3 rings (SSSR count). The normalized spacial score (nSPS) is 11.6. The van der Waals surface area contributed by atoms with E-state index in [0.717, 1.165) is 5.69 Å². The monoisotopic (exact) mass is 376 g/mol. The van der Waals surface area contributed by atoms with Crippen molar-refractivity contribution in [3.63, 3.8) is 0 Å². The van der Waals surface area contributed by atoms with Crippen molar-refractivity contribution in [2.24, 2.45) is 0 Å². The summed E-state index contributed by atoms with van der Waals surface area (Å²) in [7, 11) is -3.63. The second-order valence-electron chi connectivity index (χ2n) is 5.47. The van der Waals surface area contributed by atoms with Gasteiger partial charge in [0.25, 0.3) is 0 Å². The van der Waals surface area contributed by atoms with Gasteiger partial charge < -0.3 is 4.57 Å². The highest BCUT2D eigenvalue weighted by atomic mass is 35.5. The number of sulfonamides is 1. The first-order chi connectivity index (χ1) is 12.0. The Bertz CT molecular complexity index is 971. The van der Waals surface area contributed by atoms with Crippen LogP contribution in [0.1, 0.15) is 5.56 Å². The van der Waals surface area contributed by atoms with Crippen LogP contribution in [0, 0.1) is 6.92 Å². The van der Waals surface area contributed by atoms with Crippen LogP contribution in [-0.4, -0.2) is 29.5 Å². The number of imidazole rings is 1. The fourth-order valence-corrected chi connectivity index (χ4v) is 3.99. The summed E-state index contributed by atoms with van der Waals surface area (Å²) in [6.07, 6.45) is 5.15. The molecule has 0 fully saturated rings.